The second-order valence-corrected chi connectivity index (χ2v) is 5.86. The van der Waals surface area contributed by atoms with E-state index in [1.54, 1.807) is 0 Å². The van der Waals surface area contributed by atoms with Crippen LogP contribution in [0, 0.1) is 17.8 Å². The zero-order valence-corrected chi connectivity index (χ0v) is 10.1. The lowest BCUT2D eigenvalue weighted by atomic mass is 9.67. The van der Waals surface area contributed by atoms with Crippen molar-refractivity contribution in [2.45, 2.75) is 63.7 Å². The van der Waals surface area contributed by atoms with Crippen LogP contribution in [-0.2, 0) is 0 Å². The summed E-state index contributed by atoms with van der Waals surface area (Å²) in [4.78, 5) is 0. The maximum absolute atomic E-state index is 6.38. The Labute approximate surface area is 93.4 Å². The van der Waals surface area contributed by atoms with Crippen molar-refractivity contribution in [3.63, 3.8) is 0 Å². The van der Waals surface area contributed by atoms with Gasteiger partial charge in [-0.3, -0.25) is 0 Å². The zero-order chi connectivity index (χ0) is 9.97. The molecule has 4 unspecified atom stereocenters. The molecule has 2 aliphatic carbocycles. The van der Waals surface area contributed by atoms with Gasteiger partial charge in [0.1, 0.15) is 0 Å². The van der Waals surface area contributed by atoms with E-state index >= 15 is 0 Å². The summed E-state index contributed by atoms with van der Waals surface area (Å²) in [6.45, 7) is 2.23. The number of halogens is 1. The molecule has 0 heterocycles. The Morgan fingerprint density at radius 3 is 2.50 bits per heavy atom. The predicted octanol–water partition coefficient (Wildman–Crippen LogP) is 4.61. The normalized spacial score (nSPS) is 40.3. The minimum atomic E-state index is 0.456. The van der Waals surface area contributed by atoms with Gasteiger partial charge in [-0.15, -0.1) is 11.6 Å². The first-order valence-electron chi connectivity index (χ1n) is 6.45. The summed E-state index contributed by atoms with van der Waals surface area (Å²) in [6.07, 6.45) is 11.4. The molecule has 0 N–H and O–H groups in total. The van der Waals surface area contributed by atoms with Crippen molar-refractivity contribution in [3.05, 3.63) is 0 Å². The number of hydrogen-bond donors (Lipinski definition) is 0. The van der Waals surface area contributed by atoms with Gasteiger partial charge in [-0.1, -0.05) is 32.6 Å². The van der Waals surface area contributed by atoms with Crippen LogP contribution in [0.15, 0.2) is 0 Å². The molecule has 0 radical (unpaired) electrons. The SMILES string of the molecule is CCC(Cl)C1CCC2CCCCC2C1. The smallest absolute Gasteiger partial charge is 0.0361 e. The molecule has 0 aliphatic heterocycles. The van der Waals surface area contributed by atoms with Crippen LogP contribution in [0.4, 0.5) is 0 Å². The molecule has 0 saturated heterocycles. The van der Waals surface area contributed by atoms with E-state index in [9.17, 15) is 0 Å². The first-order valence-corrected chi connectivity index (χ1v) is 6.89. The summed E-state index contributed by atoms with van der Waals surface area (Å²) in [6, 6.07) is 0. The van der Waals surface area contributed by atoms with Crippen molar-refractivity contribution in [2.75, 3.05) is 0 Å². The molecule has 1 heteroatoms. The average Bonchev–Trinajstić information content (AvgIpc) is 2.27. The molecule has 0 amide bonds. The van der Waals surface area contributed by atoms with Crippen molar-refractivity contribution in [1.82, 2.24) is 0 Å². The van der Waals surface area contributed by atoms with Crippen LogP contribution in [-0.4, -0.2) is 5.38 Å². The first-order chi connectivity index (χ1) is 6.81. The summed E-state index contributed by atoms with van der Waals surface area (Å²) in [7, 11) is 0. The fourth-order valence-electron chi connectivity index (χ4n) is 3.57. The lowest BCUT2D eigenvalue weighted by Gasteiger charge is -2.40. The van der Waals surface area contributed by atoms with Crippen molar-refractivity contribution in [3.8, 4) is 0 Å². The highest BCUT2D eigenvalue weighted by Gasteiger charge is 2.34. The van der Waals surface area contributed by atoms with E-state index in [-0.39, 0.29) is 0 Å². The third kappa shape index (κ3) is 2.27. The molecule has 0 bridgehead atoms. The van der Waals surface area contributed by atoms with Gasteiger partial charge >= 0.3 is 0 Å². The van der Waals surface area contributed by atoms with Crippen molar-refractivity contribution in [1.29, 1.82) is 0 Å². The number of rotatable bonds is 2. The Balaban J connectivity index is 1.89. The van der Waals surface area contributed by atoms with Crippen molar-refractivity contribution in [2.24, 2.45) is 17.8 Å². The Morgan fingerprint density at radius 2 is 1.79 bits per heavy atom. The van der Waals surface area contributed by atoms with Crippen molar-refractivity contribution < 1.29 is 0 Å². The Morgan fingerprint density at radius 1 is 1.07 bits per heavy atom. The van der Waals surface area contributed by atoms with Gasteiger partial charge in [0, 0.05) is 5.38 Å². The summed E-state index contributed by atoms with van der Waals surface area (Å²) >= 11 is 6.38. The second kappa shape index (κ2) is 4.88. The van der Waals surface area contributed by atoms with Gasteiger partial charge in [0.15, 0.2) is 0 Å². The summed E-state index contributed by atoms with van der Waals surface area (Å²) < 4.78 is 0. The van der Waals surface area contributed by atoms with Gasteiger partial charge in [0.2, 0.25) is 0 Å². The Bertz CT molecular complexity index is 178. The van der Waals surface area contributed by atoms with Gasteiger partial charge in [-0.2, -0.15) is 0 Å². The van der Waals surface area contributed by atoms with Crippen LogP contribution in [0.2, 0.25) is 0 Å². The molecule has 2 fully saturated rings. The lowest BCUT2D eigenvalue weighted by Crippen LogP contribution is -2.31. The van der Waals surface area contributed by atoms with Gasteiger partial charge in [0.25, 0.3) is 0 Å². The molecule has 0 nitrogen and oxygen atoms in total. The van der Waals surface area contributed by atoms with Crippen LogP contribution in [0.3, 0.4) is 0 Å². The van der Waals surface area contributed by atoms with Crippen LogP contribution >= 0.6 is 11.6 Å². The molecule has 82 valence electrons. The molecule has 0 aromatic rings. The third-order valence-electron chi connectivity index (χ3n) is 4.48. The van der Waals surface area contributed by atoms with Gasteiger partial charge < -0.3 is 0 Å². The van der Waals surface area contributed by atoms with E-state index < -0.39 is 0 Å². The van der Waals surface area contributed by atoms with E-state index in [2.05, 4.69) is 6.92 Å². The topological polar surface area (TPSA) is 0 Å². The Hall–Kier alpha value is 0.290. The average molecular weight is 215 g/mol. The molecule has 2 aliphatic rings. The van der Waals surface area contributed by atoms with Crippen molar-refractivity contribution >= 4 is 11.6 Å². The summed E-state index contributed by atoms with van der Waals surface area (Å²) in [5.41, 5.74) is 0. The third-order valence-corrected chi connectivity index (χ3v) is 5.15. The summed E-state index contributed by atoms with van der Waals surface area (Å²) in [5.74, 6) is 2.94. The van der Waals surface area contributed by atoms with Crippen LogP contribution < -0.4 is 0 Å². The number of alkyl halides is 1. The lowest BCUT2D eigenvalue weighted by molar-refractivity contribution is 0.127. The number of fused-ring (bicyclic) bond motifs is 1. The van der Waals surface area contributed by atoms with E-state index in [0.717, 1.165) is 24.2 Å². The molecule has 0 spiro atoms. The molecular formula is C13H23Cl. The fourth-order valence-corrected chi connectivity index (χ4v) is 3.80. The minimum absolute atomic E-state index is 0.456. The van der Waals surface area contributed by atoms with Gasteiger partial charge in [-0.05, 0) is 43.4 Å². The molecule has 2 rings (SSSR count). The quantitative estimate of drug-likeness (QED) is 0.589. The van der Waals surface area contributed by atoms with Crippen LogP contribution in [0.25, 0.3) is 0 Å². The monoisotopic (exact) mass is 214 g/mol. The zero-order valence-electron chi connectivity index (χ0n) is 9.34. The molecule has 14 heavy (non-hydrogen) atoms. The van der Waals surface area contributed by atoms with Crippen LogP contribution in [0.5, 0.6) is 0 Å². The van der Waals surface area contributed by atoms with E-state index in [1.165, 1.54) is 44.9 Å². The van der Waals surface area contributed by atoms with E-state index in [0.29, 0.717) is 5.38 Å². The minimum Gasteiger partial charge on any atom is -0.123 e. The molecule has 4 atom stereocenters. The fraction of sp³-hybridized carbons (Fsp3) is 1.00. The molecular weight excluding hydrogens is 192 g/mol. The van der Waals surface area contributed by atoms with Crippen LogP contribution in [0.1, 0.15) is 58.3 Å². The molecule has 0 aromatic heterocycles. The van der Waals surface area contributed by atoms with Gasteiger partial charge in [-0.25, -0.2) is 0 Å². The largest absolute Gasteiger partial charge is 0.123 e. The maximum atomic E-state index is 6.38. The molecule has 2 saturated carbocycles. The van der Waals surface area contributed by atoms with Gasteiger partial charge in [0.05, 0.1) is 0 Å². The van der Waals surface area contributed by atoms with E-state index in [4.69, 9.17) is 11.6 Å². The number of hydrogen-bond acceptors (Lipinski definition) is 0. The maximum Gasteiger partial charge on any atom is 0.0361 e. The standard InChI is InChI=1S/C13H23Cl/c1-2-13(14)12-8-7-10-5-3-4-6-11(10)9-12/h10-13H,2-9H2,1H3. The highest BCUT2D eigenvalue weighted by Crippen LogP contribution is 2.44. The highest BCUT2D eigenvalue weighted by atomic mass is 35.5. The highest BCUT2D eigenvalue weighted by molar-refractivity contribution is 6.20. The first kappa shape index (κ1) is 10.8. The second-order valence-electron chi connectivity index (χ2n) is 5.30. The predicted molar refractivity (Wildman–Crippen MR) is 62.7 cm³/mol. The summed E-state index contributed by atoms with van der Waals surface area (Å²) in [5, 5.41) is 0.456. The Kier molecular flexibility index (Phi) is 3.76. The van der Waals surface area contributed by atoms with E-state index in [1.807, 2.05) is 0 Å². The molecule has 0 aromatic carbocycles.